The van der Waals surface area contributed by atoms with E-state index in [1.807, 2.05) is 0 Å². The van der Waals surface area contributed by atoms with Crippen molar-refractivity contribution < 1.29 is 56.9 Å². The van der Waals surface area contributed by atoms with E-state index in [4.69, 9.17) is 4.78 Å². The van der Waals surface area contributed by atoms with Crippen LogP contribution in [0.3, 0.4) is 0 Å². The second-order valence-electron chi connectivity index (χ2n) is 11.4. The summed E-state index contributed by atoms with van der Waals surface area (Å²) < 4.78 is 172. The van der Waals surface area contributed by atoms with Gasteiger partial charge in [0.2, 0.25) is 0 Å². The van der Waals surface area contributed by atoms with E-state index in [2.05, 4.69) is 0 Å². The highest BCUT2D eigenvalue weighted by Crippen LogP contribution is 2.57. The highest BCUT2D eigenvalue weighted by atomic mass is 32.2. The zero-order valence-electron chi connectivity index (χ0n) is 22.6. The minimum Gasteiger partial charge on any atom is -0.335 e. The van der Waals surface area contributed by atoms with Crippen LogP contribution in [0.25, 0.3) is 0 Å². The van der Waals surface area contributed by atoms with E-state index in [1.54, 1.807) is 0 Å². The van der Waals surface area contributed by atoms with Gasteiger partial charge in [-0.15, -0.1) is 0 Å². The van der Waals surface area contributed by atoms with Gasteiger partial charge < -0.3 is 4.90 Å². The number of fused-ring (bicyclic) bond motifs is 3. The van der Waals surface area contributed by atoms with E-state index in [-0.39, 0.29) is 36.6 Å². The molecular formula is C27H25F9N2O4S2. The van der Waals surface area contributed by atoms with Crippen LogP contribution in [0.1, 0.15) is 42.4 Å². The number of alkyl halides is 8. The molecule has 2 aliphatic heterocycles. The summed E-state index contributed by atoms with van der Waals surface area (Å²) in [5.74, 6) is -2.77. The number of carbonyl (C=O) groups is 1. The van der Waals surface area contributed by atoms with Gasteiger partial charge in [-0.25, -0.2) is 25.8 Å². The van der Waals surface area contributed by atoms with Gasteiger partial charge in [0.05, 0.1) is 10.9 Å². The average Bonchev–Trinajstić information content (AvgIpc) is 3.34. The maximum Gasteiger partial charge on any atom is 0.435 e. The fourth-order valence-electron chi connectivity index (χ4n) is 6.65. The smallest absolute Gasteiger partial charge is 0.335 e. The molecule has 3 aliphatic rings. The summed E-state index contributed by atoms with van der Waals surface area (Å²) in [7, 11) is -7.84. The van der Waals surface area contributed by atoms with Crippen LogP contribution < -0.4 is 0 Å². The minimum atomic E-state index is -6.41. The molecule has 1 amide bonds. The summed E-state index contributed by atoms with van der Waals surface area (Å²) in [4.78, 5) is 14.1. The van der Waals surface area contributed by atoms with Crippen LogP contribution in [-0.2, 0) is 41.2 Å². The first kappa shape index (κ1) is 32.6. The first-order valence-electron chi connectivity index (χ1n) is 13.3. The molecule has 2 saturated heterocycles. The molecule has 0 radical (unpaired) electrons. The molecule has 1 aliphatic carbocycles. The van der Waals surface area contributed by atoms with E-state index < -0.39 is 107 Å². The molecule has 0 unspecified atom stereocenters. The molecule has 0 saturated carbocycles. The largest absolute Gasteiger partial charge is 0.435 e. The standard InChI is InChI=1S/C27H25F9N2O4S2/c28-18-3-5-19(6-4-18)44(41,42)24-9-12-38(22(39)23(29)10-13-43(37,40)14-11-23)21(24)8-1-16-15-17(2-7-20(16)24)25(30,26(31,32)33)27(34,35)36/h2-7,15,21,37H,1,8-14H2/t21-,23?,24-,43?/m1/s1. The lowest BCUT2D eigenvalue weighted by Crippen LogP contribution is -2.57. The molecule has 0 bridgehead atoms. The van der Waals surface area contributed by atoms with E-state index in [0.717, 1.165) is 29.2 Å². The number of aryl methyl sites for hydroxylation is 1. The third-order valence-corrected chi connectivity index (χ3v) is 13.2. The molecule has 6 nitrogen and oxygen atoms in total. The number of likely N-dealkylation sites (tertiary alicyclic amines) is 1. The number of halogens is 9. The SMILES string of the molecule is N=S1(=O)CCC(F)(C(=O)N2CC[C@@]3(S(=O)(=O)c4ccc(F)cc4)c4ccc(C(F)(C(F)(F)F)C(F)(F)F)cc4CC[C@@H]23)CC1. The zero-order chi connectivity index (χ0) is 32.7. The zero-order valence-corrected chi connectivity index (χ0v) is 24.2. The van der Waals surface area contributed by atoms with Crippen LogP contribution >= 0.6 is 0 Å². The summed E-state index contributed by atoms with van der Waals surface area (Å²) in [6, 6.07) is 3.29. The number of hydrogen-bond acceptors (Lipinski definition) is 5. The lowest BCUT2D eigenvalue weighted by atomic mass is 9.76. The molecular weight excluding hydrogens is 651 g/mol. The Kier molecular flexibility index (Phi) is 7.47. The van der Waals surface area contributed by atoms with Crippen molar-refractivity contribution in [2.75, 3.05) is 18.1 Å². The summed E-state index contributed by atoms with van der Waals surface area (Å²) in [6.07, 6.45) is -15.2. The predicted octanol–water partition coefficient (Wildman–Crippen LogP) is 5.88. The van der Waals surface area contributed by atoms with Crippen molar-refractivity contribution in [3.05, 3.63) is 65.0 Å². The van der Waals surface area contributed by atoms with Crippen molar-refractivity contribution in [1.82, 2.24) is 4.90 Å². The molecule has 44 heavy (non-hydrogen) atoms. The van der Waals surface area contributed by atoms with Crippen LogP contribution in [0.2, 0.25) is 0 Å². The van der Waals surface area contributed by atoms with Gasteiger partial charge in [0.1, 0.15) is 10.6 Å². The Labute approximate surface area is 246 Å². The third kappa shape index (κ3) is 4.70. The number of sulfone groups is 1. The molecule has 5 rings (SSSR count). The fourth-order valence-corrected chi connectivity index (χ4v) is 10.5. The summed E-state index contributed by atoms with van der Waals surface area (Å²) >= 11 is 0. The Bertz CT molecular complexity index is 1680. The quantitative estimate of drug-likeness (QED) is 0.324. The molecule has 0 spiro atoms. The molecule has 1 N–H and O–H groups in total. The van der Waals surface area contributed by atoms with E-state index in [0.29, 0.717) is 12.1 Å². The van der Waals surface area contributed by atoms with Gasteiger partial charge >= 0.3 is 18.0 Å². The minimum absolute atomic E-state index is 0.206. The average molecular weight is 677 g/mol. The van der Waals surface area contributed by atoms with Gasteiger partial charge in [0.25, 0.3) is 5.91 Å². The number of nitrogens with one attached hydrogen (secondary N) is 1. The summed E-state index contributed by atoms with van der Waals surface area (Å²) in [5, 5.41) is 0. The topological polar surface area (TPSA) is 95.4 Å². The second kappa shape index (κ2) is 10.1. The first-order chi connectivity index (χ1) is 20.1. The monoisotopic (exact) mass is 676 g/mol. The van der Waals surface area contributed by atoms with Crippen LogP contribution in [0.15, 0.2) is 47.4 Å². The van der Waals surface area contributed by atoms with Crippen molar-refractivity contribution in [2.45, 2.75) is 71.5 Å². The Hall–Kier alpha value is -2.82. The molecule has 2 aromatic carbocycles. The van der Waals surface area contributed by atoms with Crippen molar-refractivity contribution in [2.24, 2.45) is 0 Å². The van der Waals surface area contributed by atoms with Crippen LogP contribution in [0.5, 0.6) is 0 Å². The van der Waals surface area contributed by atoms with E-state index >= 15 is 4.39 Å². The first-order valence-corrected chi connectivity index (χ1v) is 16.7. The van der Waals surface area contributed by atoms with Crippen LogP contribution in [0, 0.1) is 10.6 Å². The van der Waals surface area contributed by atoms with E-state index in [9.17, 15) is 52.5 Å². The highest BCUT2D eigenvalue weighted by Gasteiger charge is 2.74. The maximum absolute atomic E-state index is 16.0. The normalized spacial score (nSPS) is 29.7. The lowest BCUT2D eigenvalue weighted by Gasteiger charge is -2.44. The summed E-state index contributed by atoms with van der Waals surface area (Å²) in [6.45, 7) is -0.384. The molecule has 2 aromatic rings. The van der Waals surface area contributed by atoms with Gasteiger partial charge in [-0.2, -0.15) is 26.3 Å². The predicted molar refractivity (Wildman–Crippen MR) is 139 cm³/mol. The Morgan fingerprint density at radius 3 is 2.05 bits per heavy atom. The van der Waals surface area contributed by atoms with Gasteiger partial charge in [0.15, 0.2) is 15.5 Å². The Morgan fingerprint density at radius 1 is 0.932 bits per heavy atom. The Morgan fingerprint density at radius 2 is 1.50 bits per heavy atom. The molecule has 17 heteroatoms. The number of benzene rings is 2. The van der Waals surface area contributed by atoms with Gasteiger partial charge in [-0.1, -0.05) is 18.2 Å². The number of nitrogens with zero attached hydrogens (tertiary/aromatic N) is 1. The molecule has 2 atom stereocenters. The number of rotatable bonds is 4. The van der Waals surface area contributed by atoms with Gasteiger partial charge in [-0.3, -0.25) is 9.57 Å². The number of carbonyl (C=O) groups excluding carboxylic acids is 1. The Balaban J connectivity index is 1.67. The van der Waals surface area contributed by atoms with Crippen molar-refractivity contribution in [3.63, 3.8) is 0 Å². The molecule has 2 fully saturated rings. The second-order valence-corrected chi connectivity index (χ2v) is 16.0. The van der Waals surface area contributed by atoms with Gasteiger partial charge in [-0.05, 0) is 54.7 Å². The van der Waals surface area contributed by atoms with Crippen molar-refractivity contribution in [3.8, 4) is 0 Å². The maximum atomic E-state index is 16.0. The van der Waals surface area contributed by atoms with Crippen molar-refractivity contribution in [1.29, 1.82) is 4.78 Å². The number of hydrogen-bond donors (Lipinski definition) is 1. The highest BCUT2D eigenvalue weighted by molar-refractivity contribution is 7.92. The third-order valence-electron chi connectivity index (χ3n) is 8.97. The molecule has 0 aromatic heterocycles. The van der Waals surface area contributed by atoms with Crippen LogP contribution in [-0.4, -0.2) is 65.5 Å². The van der Waals surface area contributed by atoms with Crippen molar-refractivity contribution >= 4 is 25.5 Å². The fraction of sp³-hybridized carbons (Fsp3) is 0.519. The molecule has 2 heterocycles. The number of amides is 1. The lowest BCUT2D eigenvalue weighted by molar-refractivity contribution is -0.348. The molecule has 242 valence electrons. The van der Waals surface area contributed by atoms with Crippen LogP contribution in [0.4, 0.5) is 39.5 Å². The van der Waals surface area contributed by atoms with Gasteiger partial charge in [0, 0.05) is 46.2 Å². The van der Waals surface area contributed by atoms with E-state index in [1.165, 1.54) is 0 Å². The summed E-state index contributed by atoms with van der Waals surface area (Å²) in [5.41, 5.74) is -10.8.